The van der Waals surface area contributed by atoms with Gasteiger partial charge in [-0.2, -0.15) is 0 Å². The van der Waals surface area contributed by atoms with Gasteiger partial charge in [0.1, 0.15) is 6.04 Å². The smallest absolute Gasteiger partial charge is 0.328 e. The number of ether oxygens (including phenoxy) is 2. The lowest BCUT2D eigenvalue weighted by atomic mass is 10.1. The Balaban J connectivity index is 2.22. The Bertz CT molecular complexity index is 1210. The summed E-state index contributed by atoms with van der Waals surface area (Å²) in [6.07, 6.45) is 6.07. The number of hydrogen-bond acceptors (Lipinski definition) is 7. The largest absolute Gasteiger partial charge is 0.466 e. The van der Waals surface area contributed by atoms with Crippen molar-refractivity contribution in [2.45, 2.75) is 90.0 Å². The number of aryl methyl sites for hydroxylation is 1. The van der Waals surface area contributed by atoms with Gasteiger partial charge in [0.15, 0.2) is 0 Å². The number of sulfonamides is 1. The molecule has 0 aliphatic carbocycles. The number of nitrogens with zero attached hydrogens (tertiary/aromatic N) is 1. The number of carbonyl (C=O) groups is 3. The van der Waals surface area contributed by atoms with Crippen molar-refractivity contribution in [3.63, 3.8) is 0 Å². The highest BCUT2D eigenvalue weighted by Gasteiger charge is 2.26. The summed E-state index contributed by atoms with van der Waals surface area (Å²) in [5.41, 5.74) is 1.65. The number of hydrogen-bond donors (Lipinski definition) is 1. The second-order valence-electron chi connectivity index (χ2n) is 9.83. The normalized spacial score (nSPS) is 11.9. The van der Waals surface area contributed by atoms with Gasteiger partial charge in [-0.15, -0.1) is 0 Å². The van der Waals surface area contributed by atoms with E-state index in [1.54, 1.807) is 50.2 Å². The number of esters is 2. The molecule has 0 saturated heterocycles. The van der Waals surface area contributed by atoms with Crippen LogP contribution < -0.4 is 9.62 Å². The van der Waals surface area contributed by atoms with Gasteiger partial charge in [0, 0.05) is 18.5 Å². The van der Waals surface area contributed by atoms with Gasteiger partial charge in [-0.05, 0) is 70.0 Å². The summed E-state index contributed by atoms with van der Waals surface area (Å²) in [5.74, 6) is -1.65. The van der Waals surface area contributed by atoms with Gasteiger partial charge < -0.3 is 14.8 Å². The van der Waals surface area contributed by atoms with Crippen LogP contribution in [0.3, 0.4) is 0 Å². The van der Waals surface area contributed by atoms with E-state index in [-0.39, 0.29) is 36.5 Å². The summed E-state index contributed by atoms with van der Waals surface area (Å²) in [6, 6.07) is 12.0. The molecule has 0 spiro atoms. The molecular weight excluding hydrogens is 544 g/mol. The zero-order valence-electron chi connectivity index (χ0n) is 24.7. The molecule has 2 rings (SSSR count). The van der Waals surface area contributed by atoms with Gasteiger partial charge >= 0.3 is 11.9 Å². The van der Waals surface area contributed by atoms with E-state index in [9.17, 15) is 22.8 Å². The molecular formula is C31H44N2O7S. The first kappa shape index (κ1) is 33.8. The first-order chi connectivity index (χ1) is 19.6. The summed E-state index contributed by atoms with van der Waals surface area (Å²) >= 11 is 0. The third kappa shape index (κ3) is 10.8. The highest BCUT2D eigenvalue weighted by Crippen LogP contribution is 2.25. The van der Waals surface area contributed by atoms with Crippen molar-refractivity contribution >= 4 is 33.6 Å². The Morgan fingerprint density at radius 3 is 2.05 bits per heavy atom. The molecule has 0 saturated carbocycles. The number of anilines is 1. The van der Waals surface area contributed by atoms with Crippen LogP contribution >= 0.6 is 0 Å². The number of benzene rings is 2. The van der Waals surface area contributed by atoms with E-state index in [4.69, 9.17) is 9.47 Å². The van der Waals surface area contributed by atoms with Gasteiger partial charge in [-0.3, -0.25) is 13.9 Å². The van der Waals surface area contributed by atoms with Gasteiger partial charge in [0.2, 0.25) is 0 Å². The molecule has 1 amide bonds. The summed E-state index contributed by atoms with van der Waals surface area (Å²) in [5, 5.41) is 2.63. The van der Waals surface area contributed by atoms with E-state index in [1.807, 2.05) is 6.92 Å². The van der Waals surface area contributed by atoms with E-state index >= 15 is 0 Å². The fourth-order valence-corrected chi connectivity index (χ4v) is 5.77. The summed E-state index contributed by atoms with van der Waals surface area (Å²) < 4.78 is 38.6. The van der Waals surface area contributed by atoms with E-state index in [2.05, 4.69) is 12.2 Å². The summed E-state index contributed by atoms with van der Waals surface area (Å²) in [7, 11) is -3.83. The van der Waals surface area contributed by atoms with Crippen LogP contribution in [0.2, 0.25) is 0 Å². The summed E-state index contributed by atoms with van der Waals surface area (Å²) in [4.78, 5) is 37.4. The molecule has 0 aliphatic heterocycles. The minimum Gasteiger partial charge on any atom is -0.466 e. The SMILES string of the molecule is CCCCCCCCN(c1ccc(C(=O)N[C@@H](CCC(=O)OCC)C(=O)OCC)cc1)S(=O)(=O)c1ccc(C)cc1. The van der Waals surface area contributed by atoms with Crippen LogP contribution in [0.1, 0.15) is 88.1 Å². The Morgan fingerprint density at radius 2 is 1.44 bits per heavy atom. The quantitative estimate of drug-likeness (QED) is 0.179. The molecule has 0 unspecified atom stereocenters. The molecule has 1 N–H and O–H groups in total. The molecule has 41 heavy (non-hydrogen) atoms. The first-order valence-corrected chi connectivity index (χ1v) is 15.9. The molecule has 0 heterocycles. The Hall–Kier alpha value is -3.40. The second-order valence-corrected chi connectivity index (χ2v) is 11.7. The fraction of sp³-hybridized carbons (Fsp3) is 0.516. The standard InChI is InChI=1S/C31H44N2O7S/c1-5-8-9-10-11-12-23-33(41(37,38)27-19-13-24(4)14-20-27)26-17-15-25(16-18-26)30(35)32-28(31(36)40-7-3)21-22-29(34)39-6-2/h13-20,28H,5-12,21-23H2,1-4H3,(H,32,35)/t28-/m0/s1. The van der Waals surface area contributed by atoms with Crippen LogP contribution in [0.25, 0.3) is 0 Å². The maximum atomic E-state index is 13.6. The van der Waals surface area contributed by atoms with Gasteiger partial charge in [0.25, 0.3) is 15.9 Å². The maximum Gasteiger partial charge on any atom is 0.328 e. The van der Waals surface area contributed by atoms with Crippen molar-refractivity contribution in [2.75, 3.05) is 24.1 Å². The van der Waals surface area contributed by atoms with Gasteiger partial charge in [-0.1, -0.05) is 56.7 Å². The number of unbranched alkanes of at least 4 members (excludes halogenated alkanes) is 5. The molecule has 2 aromatic carbocycles. The third-order valence-electron chi connectivity index (χ3n) is 6.56. The van der Waals surface area contributed by atoms with Crippen LogP contribution in [0, 0.1) is 6.92 Å². The fourth-order valence-electron chi connectivity index (χ4n) is 4.27. The van der Waals surface area contributed by atoms with Crippen molar-refractivity contribution in [2.24, 2.45) is 0 Å². The monoisotopic (exact) mass is 588 g/mol. The highest BCUT2D eigenvalue weighted by molar-refractivity contribution is 7.92. The molecule has 0 aliphatic rings. The van der Waals surface area contributed by atoms with Crippen molar-refractivity contribution in [1.29, 1.82) is 0 Å². The molecule has 226 valence electrons. The Labute approximate surface area is 244 Å². The minimum absolute atomic E-state index is 0.0301. The number of nitrogens with one attached hydrogen (secondary N) is 1. The van der Waals surface area contributed by atoms with Gasteiger partial charge in [-0.25, -0.2) is 13.2 Å². The van der Waals surface area contributed by atoms with Crippen LogP contribution in [-0.4, -0.2) is 52.1 Å². The lowest BCUT2D eigenvalue weighted by Crippen LogP contribution is -2.42. The van der Waals surface area contributed by atoms with E-state index in [0.29, 0.717) is 18.7 Å². The minimum atomic E-state index is -3.83. The lowest BCUT2D eigenvalue weighted by Gasteiger charge is -2.25. The zero-order valence-corrected chi connectivity index (χ0v) is 25.5. The average molecular weight is 589 g/mol. The maximum absolute atomic E-state index is 13.6. The molecule has 0 fully saturated rings. The predicted octanol–water partition coefficient (Wildman–Crippen LogP) is 5.56. The van der Waals surface area contributed by atoms with E-state index in [0.717, 1.165) is 37.7 Å². The molecule has 1 atom stereocenters. The summed E-state index contributed by atoms with van der Waals surface area (Å²) in [6.45, 7) is 8.06. The third-order valence-corrected chi connectivity index (χ3v) is 8.40. The highest BCUT2D eigenvalue weighted by atomic mass is 32.2. The Kier molecular flexibility index (Phi) is 14.4. The second kappa shape index (κ2) is 17.4. The predicted molar refractivity (Wildman–Crippen MR) is 159 cm³/mol. The number of rotatable bonds is 18. The first-order valence-electron chi connectivity index (χ1n) is 14.5. The van der Waals surface area contributed by atoms with Crippen molar-refractivity contribution in [1.82, 2.24) is 5.32 Å². The molecule has 9 nitrogen and oxygen atoms in total. The van der Waals surface area contributed by atoms with Crippen molar-refractivity contribution < 1.29 is 32.3 Å². The van der Waals surface area contributed by atoms with Crippen molar-refractivity contribution in [3.05, 3.63) is 59.7 Å². The van der Waals surface area contributed by atoms with Crippen LogP contribution in [0.5, 0.6) is 0 Å². The average Bonchev–Trinajstić information content (AvgIpc) is 2.95. The molecule has 0 radical (unpaired) electrons. The zero-order chi connectivity index (χ0) is 30.3. The lowest BCUT2D eigenvalue weighted by molar-refractivity contribution is -0.146. The molecule has 0 bridgehead atoms. The van der Waals surface area contributed by atoms with Crippen LogP contribution in [0.4, 0.5) is 5.69 Å². The number of carbonyl (C=O) groups excluding carboxylic acids is 3. The van der Waals surface area contributed by atoms with Gasteiger partial charge in [0.05, 0.1) is 23.8 Å². The number of amides is 1. The Morgan fingerprint density at radius 1 is 0.829 bits per heavy atom. The van der Waals surface area contributed by atoms with E-state index < -0.39 is 33.9 Å². The van der Waals surface area contributed by atoms with Crippen LogP contribution in [-0.2, 0) is 29.1 Å². The molecule has 2 aromatic rings. The van der Waals surface area contributed by atoms with Crippen LogP contribution in [0.15, 0.2) is 53.4 Å². The van der Waals surface area contributed by atoms with E-state index in [1.165, 1.54) is 16.4 Å². The molecule has 0 aromatic heterocycles. The topological polar surface area (TPSA) is 119 Å². The van der Waals surface area contributed by atoms with Crippen molar-refractivity contribution in [3.8, 4) is 0 Å². The molecule has 10 heteroatoms.